The van der Waals surface area contributed by atoms with E-state index < -0.39 is 11.6 Å². The van der Waals surface area contributed by atoms with Gasteiger partial charge in [0.2, 0.25) is 0 Å². The molecule has 1 rings (SSSR count). The first-order valence-electron chi connectivity index (χ1n) is 9.61. The lowest BCUT2D eigenvalue weighted by atomic mass is 9.97. The predicted molar refractivity (Wildman–Crippen MR) is 106 cm³/mol. The van der Waals surface area contributed by atoms with Crippen molar-refractivity contribution in [1.82, 2.24) is 0 Å². The molecular weight excluding hydrogens is 346 g/mol. The van der Waals surface area contributed by atoms with Crippen molar-refractivity contribution in [3.8, 4) is 5.75 Å². The standard InChI is InChI=1S/C21H33NO5/c1-7-9-12-21(5,26-13-8-2)20(24)22-16-10-11-18(27-15(3)4)17(14-16)19(23)25-6/h10-11,14-15H,7-9,12-13H2,1-6H3,(H,22,24)/t21-/m1/s1. The summed E-state index contributed by atoms with van der Waals surface area (Å²) < 4.78 is 16.4. The Balaban J connectivity index is 3.06. The Morgan fingerprint density at radius 1 is 1.19 bits per heavy atom. The molecule has 0 radical (unpaired) electrons. The van der Waals surface area contributed by atoms with E-state index >= 15 is 0 Å². The van der Waals surface area contributed by atoms with Crippen LogP contribution in [0.5, 0.6) is 5.75 Å². The van der Waals surface area contributed by atoms with E-state index in [1.807, 2.05) is 27.7 Å². The van der Waals surface area contributed by atoms with Crippen LogP contribution in [-0.2, 0) is 14.3 Å². The van der Waals surface area contributed by atoms with Gasteiger partial charge in [-0.1, -0.05) is 26.7 Å². The van der Waals surface area contributed by atoms with Gasteiger partial charge in [-0.15, -0.1) is 0 Å². The van der Waals surface area contributed by atoms with Gasteiger partial charge in [0, 0.05) is 12.3 Å². The molecular formula is C21H33NO5. The van der Waals surface area contributed by atoms with Crippen molar-refractivity contribution in [2.45, 2.75) is 72.0 Å². The van der Waals surface area contributed by atoms with Gasteiger partial charge in [-0.3, -0.25) is 4.79 Å². The van der Waals surface area contributed by atoms with E-state index in [2.05, 4.69) is 12.2 Å². The molecule has 0 saturated heterocycles. The maximum Gasteiger partial charge on any atom is 0.341 e. The molecule has 27 heavy (non-hydrogen) atoms. The highest BCUT2D eigenvalue weighted by atomic mass is 16.5. The van der Waals surface area contributed by atoms with Crippen LogP contribution in [0.3, 0.4) is 0 Å². The van der Waals surface area contributed by atoms with Gasteiger partial charge in [0.25, 0.3) is 5.91 Å². The Hall–Kier alpha value is -2.08. The van der Waals surface area contributed by atoms with Crippen LogP contribution in [0.4, 0.5) is 5.69 Å². The third-order valence-corrected chi connectivity index (χ3v) is 4.12. The molecule has 0 aliphatic carbocycles. The Kier molecular flexibility index (Phi) is 9.29. The molecule has 1 aromatic carbocycles. The number of amides is 1. The summed E-state index contributed by atoms with van der Waals surface area (Å²) >= 11 is 0. The number of unbranched alkanes of at least 4 members (excludes halogenated alkanes) is 1. The zero-order valence-corrected chi connectivity index (χ0v) is 17.4. The van der Waals surface area contributed by atoms with Gasteiger partial charge in [0.1, 0.15) is 16.9 Å². The van der Waals surface area contributed by atoms with Crippen molar-refractivity contribution in [1.29, 1.82) is 0 Å². The van der Waals surface area contributed by atoms with E-state index in [4.69, 9.17) is 14.2 Å². The van der Waals surface area contributed by atoms with E-state index in [9.17, 15) is 9.59 Å². The van der Waals surface area contributed by atoms with E-state index in [-0.39, 0.29) is 17.6 Å². The van der Waals surface area contributed by atoms with Gasteiger partial charge in [0.15, 0.2) is 0 Å². The Labute approximate surface area is 162 Å². The van der Waals surface area contributed by atoms with Crippen molar-refractivity contribution in [2.75, 3.05) is 19.0 Å². The van der Waals surface area contributed by atoms with Crippen molar-refractivity contribution in [3.63, 3.8) is 0 Å². The maximum atomic E-state index is 12.9. The third kappa shape index (κ3) is 6.86. The molecule has 0 aliphatic heterocycles. The molecule has 1 N–H and O–H groups in total. The molecule has 6 heteroatoms. The highest BCUT2D eigenvalue weighted by Gasteiger charge is 2.33. The second-order valence-electron chi connectivity index (χ2n) is 7.01. The molecule has 0 spiro atoms. The summed E-state index contributed by atoms with van der Waals surface area (Å²) in [5, 5.41) is 2.87. The molecule has 1 atom stereocenters. The highest BCUT2D eigenvalue weighted by Crippen LogP contribution is 2.27. The first kappa shape index (κ1) is 23.0. The van der Waals surface area contributed by atoms with Gasteiger partial charge < -0.3 is 19.5 Å². The molecule has 1 aromatic rings. The average molecular weight is 379 g/mol. The summed E-state index contributed by atoms with van der Waals surface area (Å²) in [5.74, 6) is -0.318. The molecule has 0 heterocycles. The minimum Gasteiger partial charge on any atom is -0.490 e. The van der Waals surface area contributed by atoms with Crippen LogP contribution in [0, 0.1) is 0 Å². The second kappa shape index (κ2) is 10.9. The quantitative estimate of drug-likeness (QED) is 0.570. The van der Waals surface area contributed by atoms with Gasteiger partial charge >= 0.3 is 5.97 Å². The lowest BCUT2D eigenvalue weighted by molar-refractivity contribution is -0.140. The van der Waals surface area contributed by atoms with Crippen LogP contribution in [0.15, 0.2) is 18.2 Å². The van der Waals surface area contributed by atoms with E-state index in [0.717, 1.165) is 19.3 Å². The highest BCUT2D eigenvalue weighted by molar-refractivity contribution is 5.99. The molecule has 0 fully saturated rings. The van der Waals surface area contributed by atoms with Crippen LogP contribution in [-0.4, -0.2) is 37.3 Å². The van der Waals surface area contributed by atoms with Gasteiger partial charge in [-0.25, -0.2) is 4.79 Å². The Morgan fingerprint density at radius 2 is 1.89 bits per heavy atom. The fourth-order valence-electron chi connectivity index (χ4n) is 2.59. The van der Waals surface area contributed by atoms with Crippen molar-refractivity contribution < 1.29 is 23.8 Å². The summed E-state index contributed by atoms with van der Waals surface area (Å²) in [5.41, 5.74) is -0.141. The van der Waals surface area contributed by atoms with Crippen molar-refractivity contribution in [2.24, 2.45) is 0 Å². The minimum atomic E-state index is -0.912. The van der Waals surface area contributed by atoms with Gasteiger partial charge in [-0.2, -0.15) is 0 Å². The molecule has 0 aromatic heterocycles. The van der Waals surface area contributed by atoms with Crippen LogP contribution in [0.1, 0.15) is 70.7 Å². The van der Waals surface area contributed by atoms with Gasteiger partial charge in [0.05, 0.1) is 13.2 Å². The number of benzene rings is 1. The van der Waals surface area contributed by atoms with Gasteiger partial charge in [-0.05, 0) is 51.8 Å². The number of hydrogen-bond donors (Lipinski definition) is 1. The number of carbonyl (C=O) groups is 2. The first-order valence-corrected chi connectivity index (χ1v) is 9.61. The Morgan fingerprint density at radius 3 is 2.44 bits per heavy atom. The van der Waals surface area contributed by atoms with Crippen molar-refractivity contribution in [3.05, 3.63) is 23.8 Å². The summed E-state index contributed by atoms with van der Waals surface area (Å²) in [6.07, 6.45) is 3.25. The number of nitrogens with one attached hydrogen (secondary N) is 1. The molecule has 6 nitrogen and oxygen atoms in total. The summed E-state index contributed by atoms with van der Waals surface area (Å²) in [7, 11) is 1.31. The third-order valence-electron chi connectivity index (χ3n) is 4.12. The van der Waals surface area contributed by atoms with E-state index in [1.165, 1.54) is 7.11 Å². The van der Waals surface area contributed by atoms with E-state index in [0.29, 0.717) is 24.5 Å². The summed E-state index contributed by atoms with van der Waals surface area (Å²) in [6.45, 7) is 10.2. The van der Waals surface area contributed by atoms with Crippen molar-refractivity contribution >= 4 is 17.6 Å². The zero-order chi connectivity index (χ0) is 20.4. The fraction of sp³-hybridized carbons (Fsp3) is 0.619. The smallest absolute Gasteiger partial charge is 0.341 e. The minimum absolute atomic E-state index is 0.0892. The second-order valence-corrected chi connectivity index (χ2v) is 7.01. The zero-order valence-electron chi connectivity index (χ0n) is 17.4. The number of esters is 1. The van der Waals surface area contributed by atoms with Crippen LogP contribution in [0.25, 0.3) is 0 Å². The monoisotopic (exact) mass is 379 g/mol. The lowest BCUT2D eigenvalue weighted by Crippen LogP contribution is -2.43. The van der Waals surface area contributed by atoms with E-state index in [1.54, 1.807) is 18.2 Å². The molecule has 0 unspecified atom stereocenters. The molecule has 152 valence electrons. The maximum absolute atomic E-state index is 12.9. The molecule has 0 aliphatic rings. The number of ether oxygens (including phenoxy) is 3. The SMILES string of the molecule is CCCC[C@@](C)(OCCC)C(=O)Nc1ccc(OC(C)C)c(C(=O)OC)c1. The number of rotatable bonds is 11. The summed E-state index contributed by atoms with van der Waals surface area (Å²) in [4.78, 5) is 25.0. The number of carbonyl (C=O) groups excluding carboxylic acids is 2. The normalized spacial score (nSPS) is 13.1. The number of methoxy groups -OCH3 is 1. The average Bonchev–Trinajstić information content (AvgIpc) is 2.64. The molecule has 1 amide bonds. The van der Waals surface area contributed by atoms with Crippen LogP contribution in [0.2, 0.25) is 0 Å². The lowest BCUT2D eigenvalue weighted by Gasteiger charge is -2.28. The fourth-order valence-corrected chi connectivity index (χ4v) is 2.59. The topological polar surface area (TPSA) is 73.9 Å². The summed E-state index contributed by atoms with van der Waals surface area (Å²) in [6, 6.07) is 4.95. The van der Waals surface area contributed by atoms with Crippen LogP contribution < -0.4 is 10.1 Å². The number of hydrogen-bond acceptors (Lipinski definition) is 5. The predicted octanol–water partition coefficient (Wildman–Crippen LogP) is 4.57. The Bertz CT molecular complexity index is 619. The van der Waals surface area contributed by atoms with Crippen LogP contribution >= 0.6 is 0 Å². The largest absolute Gasteiger partial charge is 0.490 e. The number of anilines is 1. The molecule has 0 saturated carbocycles. The first-order chi connectivity index (χ1) is 12.8. The molecule has 0 bridgehead atoms.